The van der Waals surface area contributed by atoms with Gasteiger partial charge in [-0.2, -0.15) is 13.2 Å². The highest BCUT2D eigenvalue weighted by atomic mass is 35.5. The van der Waals surface area contributed by atoms with Crippen LogP contribution in [-0.2, 0) is 4.79 Å². The molecule has 3 N–H and O–H groups in total. The average Bonchev–Trinajstić information content (AvgIpc) is 2.54. The van der Waals surface area contributed by atoms with Crippen LogP contribution in [0.3, 0.4) is 0 Å². The standard InChI is InChI=1S/C17H18ClF4N3O/c1-4-7-25-13-8-10(12(19)9-11(13)18)14(16(26)24-6-3)15(23-5-2)17(20,21)22/h1,8-9,23,25H,5-7H2,2-3H3,(H,24,26)/b15-14-. The Morgan fingerprint density at radius 2 is 1.85 bits per heavy atom. The number of likely N-dealkylation sites (N-methyl/N-ethyl adjacent to an activating group) is 1. The number of hydrogen-bond acceptors (Lipinski definition) is 3. The lowest BCUT2D eigenvalue weighted by Crippen LogP contribution is -2.33. The Bertz CT molecular complexity index is 739. The number of nitrogens with one attached hydrogen (secondary N) is 3. The van der Waals surface area contributed by atoms with Gasteiger partial charge in [0.15, 0.2) is 0 Å². The van der Waals surface area contributed by atoms with Crippen LogP contribution in [0.5, 0.6) is 0 Å². The highest BCUT2D eigenvalue weighted by molar-refractivity contribution is 6.33. The third-order valence-corrected chi connectivity index (χ3v) is 3.47. The fraction of sp³-hybridized carbons (Fsp3) is 0.353. The number of carbonyl (C=O) groups is 1. The molecule has 0 aliphatic heterocycles. The minimum atomic E-state index is -4.89. The fourth-order valence-electron chi connectivity index (χ4n) is 2.15. The van der Waals surface area contributed by atoms with E-state index in [9.17, 15) is 22.4 Å². The number of anilines is 1. The maximum atomic E-state index is 14.4. The molecular formula is C17H18ClF4N3O. The number of benzene rings is 1. The summed E-state index contributed by atoms with van der Waals surface area (Å²) in [6.07, 6.45) is 0.231. The van der Waals surface area contributed by atoms with E-state index in [1.54, 1.807) is 0 Å². The van der Waals surface area contributed by atoms with Crippen molar-refractivity contribution in [2.45, 2.75) is 20.0 Å². The molecule has 4 nitrogen and oxygen atoms in total. The van der Waals surface area contributed by atoms with Crippen LogP contribution in [0.2, 0.25) is 5.02 Å². The predicted molar refractivity (Wildman–Crippen MR) is 94.1 cm³/mol. The van der Waals surface area contributed by atoms with Gasteiger partial charge in [-0.15, -0.1) is 6.42 Å². The number of amides is 1. The van der Waals surface area contributed by atoms with E-state index < -0.39 is 34.7 Å². The number of halogens is 5. The van der Waals surface area contributed by atoms with Gasteiger partial charge in [0.05, 0.1) is 22.8 Å². The van der Waals surface area contributed by atoms with Crippen LogP contribution in [-0.4, -0.2) is 31.7 Å². The number of allylic oxidation sites excluding steroid dienone is 1. The molecule has 1 aromatic rings. The van der Waals surface area contributed by atoms with Crippen LogP contribution in [0.25, 0.3) is 5.57 Å². The summed E-state index contributed by atoms with van der Waals surface area (Å²) in [6.45, 7) is 2.93. The van der Waals surface area contributed by atoms with Gasteiger partial charge in [-0.05, 0) is 26.0 Å². The monoisotopic (exact) mass is 391 g/mol. The molecule has 0 atom stereocenters. The van der Waals surface area contributed by atoms with Crippen LogP contribution in [0.1, 0.15) is 19.4 Å². The Morgan fingerprint density at radius 1 is 1.23 bits per heavy atom. The third-order valence-electron chi connectivity index (χ3n) is 3.16. The molecule has 0 aromatic heterocycles. The van der Waals surface area contributed by atoms with Crippen molar-refractivity contribution in [2.24, 2.45) is 0 Å². The van der Waals surface area contributed by atoms with E-state index in [1.807, 2.05) is 0 Å². The van der Waals surface area contributed by atoms with Gasteiger partial charge in [0, 0.05) is 18.7 Å². The number of hydrogen-bond donors (Lipinski definition) is 3. The van der Waals surface area contributed by atoms with E-state index in [1.165, 1.54) is 13.8 Å². The minimum absolute atomic E-state index is 0.0182. The molecule has 0 fully saturated rings. The molecule has 0 unspecified atom stereocenters. The van der Waals surface area contributed by atoms with Gasteiger partial charge < -0.3 is 16.0 Å². The zero-order chi connectivity index (χ0) is 19.9. The largest absolute Gasteiger partial charge is 0.431 e. The first-order chi connectivity index (χ1) is 12.2. The lowest BCUT2D eigenvalue weighted by Gasteiger charge is -2.20. The molecule has 0 aliphatic rings. The Labute approximate surface area is 154 Å². The van der Waals surface area contributed by atoms with Crippen molar-refractivity contribution < 1.29 is 22.4 Å². The molecule has 142 valence electrons. The maximum absolute atomic E-state index is 14.4. The van der Waals surface area contributed by atoms with Gasteiger partial charge in [0.1, 0.15) is 11.5 Å². The first kappa shape index (κ1) is 21.6. The molecule has 0 bridgehead atoms. The molecule has 26 heavy (non-hydrogen) atoms. The van der Waals surface area contributed by atoms with E-state index in [0.29, 0.717) is 0 Å². The van der Waals surface area contributed by atoms with Crippen molar-refractivity contribution in [3.63, 3.8) is 0 Å². The molecular weight excluding hydrogens is 374 g/mol. The third kappa shape index (κ3) is 5.30. The Morgan fingerprint density at radius 3 is 2.35 bits per heavy atom. The first-order valence-corrected chi connectivity index (χ1v) is 8.05. The zero-order valence-electron chi connectivity index (χ0n) is 14.2. The van der Waals surface area contributed by atoms with Crippen LogP contribution >= 0.6 is 11.6 Å². The first-order valence-electron chi connectivity index (χ1n) is 7.67. The number of rotatable bonds is 7. The lowest BCUT2D eigenvalue weighted by molar-refractivity contribution is -0.117. The average molecular weight is 392 g/mol. The van der Waals surface area contributed by atoms with E-state index >= 15 is 0 Å². The Balaban J connectivity index is 3.72. The van der Waals surface area contributed by atoms with Crippen LogP contribution < -0.4 is 16.0 Å². The smallest absolute Gasteiger partial charge is 0.381 e. The summed E-state index contributed by atoms with van der Waals surface area (Å²) >= 11 is 5.89. The highest BCUT2D eigenvalue weighted by Crippen LogP contribution is 2.35. The fourth-order valence-corrected chi connectivity index (χ4v) is 2.37. The van der Waals surface area contributed by atoms with Gasteiger partial charge in [0.2, 0.25) is 0 Å². The summed E-state index contributed by atoms with van der Waals surface area (Å²) in [5.74, 6) is 0.138. The molecule has 1 aromatic carbocycles. The molecule has 0 spiro atoms. The maximum Gasteiger partial charge on any atom is 0.431 e. The number of carbonyl (C=O) groups excluding carboxylic acids is 1. The van der Waals surface area contributed by atoms with Crippen molar-refractivity contribution in [1.82, 2.24) is 10.6 Å². The molecule has 9 heteroatoms. The second-order valence-corrected chi connectivity index (χ2v) is 5.41. The van der Waals surface area contributed by atoms with Gasteiger partial charge >= 0.3 is 6.18 Å². The molecule has 0 aliphatic carbocycles. The summed E-state index contributed by atoms with van der Waals surface area (Å²) in [5, 5.41) is 6.98. The van der Waals surface area contributed by atoms with Crippen molar-refractivity contribution in [2.75, 3.05) is 25.0 Å². The normalized spacial score (nSPS) is 12.1. The highest BCUT2D eigenvalue weighted by Gasteiger charge is 2.39. The quantitative estimate of drug-likeness (QED) is 0.378. The van der Waals surface area contributed by atoms with Crippen molar-refractivity contribution in [1.29, 1.82) is 0 Å². The zero-order valence-corrected chi connectivity index (χ0v) is 14.9. The minimum Gasteiger partial charge on any atom is -0.381 e. The summed E-state index contributed by atoms with van der Waals surface area (Å²) in [7, 11) is 0. The van der Waals surface area contributed by atoms with Crippen LogP contribution in [0, 0.1) is 18.2 Å². The Hall–Kier alpha value is -2.40. The summed E-state index contributed by atoms with van der Waals surface area (Å²) in [6, 6.07) is 1.86. The van der Waals surface area contributed by atoms with Crippen molar-refractivity contribution in [3.05, 3.63) is 34.2 Å². The van der Waals surface area contributed by atoms with Gasteiger partial charge in [-0.25, -0.2) is 4.39 Å². The molecule has 1 amide bonds. The summed E-state index contributed by atoms with van der Waals surface area (Å²) < 4.78 is 54.8. The van der Waals surface area contributed by atoms with Crippen LogP contribution in [0.4, 0.5) is 23.2 Å². The molecule has 0 heterocycles. The second kappa shape index (κ2) is 9.34. The van der Waals surface area contributed by atoms with Gasteiger partial charge in [-0.1, -0.05) is 17.5 Å². The second-order valence-electron chi connectivity index (χ2n) is 5.01. The van der Waals surface area contributed by atoms with Gasteiger partial charge in [0.25, 0.3) is 5.91 Å². The van der Waals surface area contributed by atoms with E-state index in [0.717, 1.165) is 12.1 Å². The topological polar surface area (TPSA) is 53.2 Å². The van der Waals surface area contributed by atoms with Crippen LogP contribution in [0.15, 0.2) is 17.8 Å². The van der Waals surface area contributed by atoms with E-state index in [2.05, 4.69) is 21.9 Å². The summed E-state index contributed by atoms with van der Waals surface area (Å²) in [4.78, 5) is 12.3. The van der Waals surface area contributed by atoms with Crippen molar-refractivity contribution in [3.8, 4) is 12.3 Å². The molecule has 0 saturated carbocycles. The number of alkyl halides is 3. The lowest BCUT2D eigenvalue weighted by atomic mass is 10.0. The van der Waals surface area contributed by atoms with Crippen molar-refractivity contribution >= 4 is 28.8 Å². The molecule has 0 saturated heterocycles. The molecule has 1 rings (SSSR count). The van der Waals surface area contributed by atoms with Gasteiger partial charge in [-0.3, -0.25) is 4.79 Å². The predicted octanol–water partition coefficient (Wildman–Crippen LogP) is 3.54. The summed E-state index contributed by atoms with van der Waals surface area (Å²) in [5.41, 5.74) is -2.64. The van der Waals surface area contributed by atoms with E-state index in [4.69, 9.17) is 18.0 Å². The number of terminal acetylenes is 1. The SMILES string of the molecule is C#CCNc1cc(/C(C(=O)NCC)=C(/NCC)C(F)(F)F)c(F)cc1Cl. The molecule has 0 radical (unpaired) electrons. The van der Waals surface area contributed by atoms with E-state index in [-0.39, 0.29) is 30.3 Å². The Kier molecular flexibility index (Phi) is 7.77.